The van der Waals surface area contributed by atoms with Crippen LogP contribution in [0.4, 0.5) is 5.82 Å². The van der Waals surface area contributed by atoms with Gasteiger partial charge in [-0.3, -0.25) is 0 Å². The third-order valence-corrected chi connectivity index (χ3v) is 3.58. The van der Waals surface area contributed by atoms with E-state index in [1.165, 1.54) is 11.1 Å². The lowest BCUT2D eigenvalue weighted by Gasteiger charge is -2.27. The Morgan fingerprint density at radius 2 is 2.10 bits per heavy atom. The van der Waals surface area contributed by atoms with Crippen LogP contribution in [0.1, 0.15) is 38.3 Å². The molecule has 0 fully saturated rings. The molecular formula is C17H31N3O. The number of aryl methyl sites for hydroxylation is 1. The minimum Gasteiger partial charge on any atom is -0.383 e. The molecule has 0 aromatic carbocycles. The molecule has 0 aliphatic carbocycles. The summed E-state index contributed by atoms with van der Waals surface area (Å²) in [5.41, 5.74) is 8.47. The highest BCUT2D eigenvalue weighted by Gasteiger charge is 2.13. The number of anilines is 1. The minimum absolute atomic E-state index is 0.220. The van der Waals surface area contributed by atoms with E-state index in [9.17, 15) is 0 Å². The van der Waals surface area contributed by atoms with Crippen LogP contribution in [0.3, 0.4) is 0 Å². The van der Waals surface area contributed by atoms with Gasteiger partial charge in [0.15, 0.2) is 0 Å². The van der Waals surface area contributed by atoms with Crippen molar-refractivity contribution in [3.8, 4) is 0 Å². The van der Waals surface area contributed by atoms with Gasteiger partial charge in [0.05, 0.1) is 6.61 Å². The monoisotopic (exact) mass is 293 g/mol. The molecule has 1 atom stereocenters. The normalized spacial score (nSPS) is 12.7. The zero-order chi connectivity index (χ0) is 15.8. The summed E-state index contributed by atoms with van der Waals surface area (Å²) in [6, 6.07) is 2.44. The highest BCUT2D eigenvalue weighted by molar-refractivity contribution is 5.47. The fraction of sp³-hybridized carbons (Fsp3) is 0.706. The first kappa shape index (κ1) is 17.9. The maximum Gasteiger partial charge on any atom is 0.131 e. The molecule has 0 saturated carbocycles. The van der Waals surface area contributed by atoms with E-state index in [1.54, 1.807) is 7.11 Å². The van der Waals surface area contributed by atoms with Crippen molar-refractivity contribution in [1.82, 2.24) is 4.98 Å². The Labute approximate surface area is 129 Å². The molecule has 120 valence electrons. The molecule has 1 rings (SSSR count). The Kier molecular flexibility index (Phi) is 7.68. The Bertz CT molecular complexity index is 420. The van der Waals surface area contributed by atoms with Crippen LogP contribution in [0, 0.1) is 12.8 Å². The van der Waals surface area contributed by atoms with E-state index >= 15 is 0 Å². The van der Waals surface area contributed by atoms with Gasteiger partial charge in [-0.05, 0) is 36.8 Å². The second-order valence-corrected chi connectivity index (χ2v) is 6.19. The minimum atomic E-state index is 0.220. The van der Waals surface area contributed by atoms with Crippen LogP contribution in [0.5, 0.6) is 0 Å². The largest absolute Gasteiger partial charge is 0.383 e. The van der Waals surface area contributed by atoms with Gasteiger partial charge in [-0.2, -0.15) is 0 Å². The lowest BCUT2D eigenvalue weighted by atomic mass is 10.0. The smallest absolute Gasteiger partial charge is 0.131 e. The Balaban J connectivity index is 2.87. The molecule has 1 aromatic rings. The molecule has 1 aromatic heterocycles. The van der Waals surface area contributed by atoms with Crippen molar-refractivity contribution < 1.29 is 4.74 Å². The van der Waals surface area contributed by atoms with Gasteiger partial charge >= 0.3 is 0 Å². The number of aromatic nitrogens is 1. The third kappa shape index (κ3) is 6.02. The molecule has 21 heavy (non-hydrogen) atoms. The molecule has 1 heterocycles. The zero-order valence-corrected chi connectivity index (χ0v) is 14.2. The van der Waals surface area contributed by atoms with Crippen molar-refractivity contribution in [3.05, 3.63) is 23.4 Å². The van der Waals surface area contributed by atoms with Crippen LogP contribution in [0.15, 0.2) is 12.3 Å². The first-order valence-corrected chi connectivity index (χ1v) is 7.92. The standard InChI is InChI=1S/C17H31N3O/c1-6-16(18)10-15-9-14(4)17(19-11-15)20(7-8-21-5)12-13(2)3/h9,11,13,16H,6-8,10,12,18H2,1-5H3. The summed E-state index contributed by atoms with van der Waals surface area (Å²) in [6.45, 7) is 11.3. The second kappa shape index (κ2) is 9.00. The van der Waals surface area contributed by atoms with Crippen molar-refractivity contribution in [1.29, 1.82) is 0 Å². The first-order valence-electron chi connectivity index (χ1n) is 7.92. The molecule has 4 heteroatoms. The van der Waals surface area contributed by atoms with Crippen molar-refractivity contribution in [2.24, 2.45) is 11.7 Å². The van der Waals surface area contributed by atoms with Gasteiger partial charge in [-0.1, -0.05) is 26.8 Å². The Morgan fingerprint density at radius 1 is 1.38 bits per heavy atom. The molecule has 1 unspecified atom stereocenters. The summed E-state index contributed by atoms with van der Waals surface area (Å²) in [7, 11) is 1.74. The van der Waals surface area contributed by atoms with Crippen molar-refractivity contribution in [3.63, 3.8) is 0 Å². The highest BCUT2D eigenvalue weighted by atomic mass is 16.5. The number of hydrogen-bond acceptors (Lipinski definition) is 4. The number of nitrogens with zero attached hydrogens (tertiary/aromatic N) is 2. The molecule has 0 amide bonds. The van der Waals surface area contributed by atoms with Crippen LogP contribution in [0.2, 0.25) is 0 Å². The zero-order valence-electron chi connectivity index (χ0n) is 14.2. The summed E-state index contributed by atoms with van der Waals surface area (Å²) < 4.78 is 5.22. The van der Waals surface area contributed by atoms with E-state index in [4.69, 9.17) is 10.5 Å². The van der Waals surface area contributed by atoms with Gasteiger partial charge < -0.3 is 15.4 Å². The van der Waals surface area contributed by atoms with Crippen LogP contribution in [0.25, 0.3) is 0 Å². The Hall–Kier alpha value is -1.13. The maximum absolute atomic E-state index is 6.03. The fourth-order valence-electron chi connectivity index (χ4n) is 2.44. The van der Waals surface area contributed by atoms with E-state index in [0.717, 1.165) is 38.4 Å². The average molecular weight is 293 g/mol. The molecule has 0 bridgehead atoms. The third-order valence-electron chi connectivity index (χ3n) is 3.58. The van der Waals surface area contributed by atoms with Gasteiger partial charge in [0, 0.05) is 32.4 Å². The molecule has 4 nitrogen and oxygen atoms in total. The summed E-state index contributed by atoms with van der Waals surface area (Å²) in [5.74, 6) is 1.66. The van der Waals surface area contributed by atoms with Crippen LogP contribution >= 0.6 is 0 Å². The van der Waals surface area contributed by atoms with E-state index in [1.807, 2.05) is 6.20 Å². The molecule has 0 saturated heterocycles. The number of ether oxygens (including phenoxy) is 1. The molecule has 0 radical (unpaired) electrons. The van der Waals surface area contributed by atoms with Crippen LogP contribution < -0.4 is 10.6 Å². The molecule has 0 aliphatic rings. The maximum atomic E-state index is 6.03. The van der Waals surface area contributed by atoms with Crippen LogP contribution in [-0.4, -0.2) is 37.8 Å². The number of nitrogens with two attached hydrogens (primary N) is 1. The predicted octanol–water partition coefficient (Wildman–Crippen LogP) is 2.78. The second-order valence-electron chi connectivity index (χ2n) is 6.19. The van der Waals surface area contributed by atoms with Gasteiger partial charge in [-0.25, -0.2) is 4.98 Å². The van der Waals surface area contributed by atoms with Crippen LogP contribution in [-0.2, 0) is 11.2 Å². The quantitative estimate of drug-likeness (QED) is 0.760. The van der Waals surface area contributed by atoms with Crippen molar-refractivity contribution in [2.45, 2.75) is 46.6 Å². The van der Waals surface area contributed by atoms with E-state index in [0.29, 0.717) is 5.92 Å². The number of methoxy groups -OCH3 is 1. The fourth-order valence-corrected chi connectivity index (χ4v) is 2.44. The first-order chi connectivity index (χ1) is 9.97. The molecular weight excluding hydrogens is 262 g/mol. The lowest BCUT2D eigenvalue weighted by Crippen LogP contribution is -2.32. The van der Waals surface area contributed by atoms with Gasteiger partial charge in [0.25, 0.3) is 0 Å². The van der Waals surface area contributed by atoms with Crippen molar-refractivity contribution in [2.75, 3.05) is 31.7 Å². The number of hydrogen-bond donors (Lipinski definition) is 1. The van der Waals surface area contributed by atoms with E-state index < -0.39 is 0 Å². The molecule has 0 aliphatic heterocycles. The van der Waals surface area contributed by atoms with Gasteiger partial charge in [0.1, 0.15) is 5.82 Å². The predicted molar refractivity (Wildman–Crippen MR) is 89.9 cm³/mol. The SMILES string of the molecule is CCC(N)Cc1cnc(N(CCOC)CC(C)C)c(C)c1. The van der Waals surface area contributed by atoms with E-state index in [2.05, 4.69) is 43.6 Å². The van der Waals surface area contributed by atoms with Gasteiger partial charge in [0.2, 0.25) is 0 Å². The molecule has 2 N–H and O–H groups in total. The number of pyridine rings is 1. The summed E-state index contributed by atoms with van der Waals surface area (Å²) in [6.07, 6.45) is 3.86. The lowest BCUT2D eigenvalue weighted by molar-refractivity contribution is 0.204. The number of rotatable bonds is 9. The topological polar surface area (TPSA) is 51.4 Å². The van der Waals surface area contributed by atoms with Gasteiger partial charge in [-0.15, -0.1) is 0 Å². The summed E-state index contributed by atoms with van der Waals surface area (Å²) in [4.78, 5) is 7.00. The highest BCUT2D eigenvalue weighted by Crippen LogP contribution is 2.20. The molecule has 0 spiro atoms. The summed E-state index contributed by atoms with van der Waals surface area (Å²) in [5, 5.41) is 0. The van der Waals surface area contributed by atoms with Crippen molar-refractivity contribution >= 4 is 5.82 Å². The average Bonchev–Trinajstić information content (AvgIpc) is 2.43. The van der Waals surface area contributed by atoms with E-state index in [-0.39, 0.29) is 6.04 Å². The Morgan fingerprint density at radius 3 is 2.62 bits per heavy atom. The summed E-state index contributed by atoms with van der Waals surface area (Å²) >= 11 is 0.